The van der Waals surface area contributed by atoms with Crippen molar-refractivity contribution in [1.82, 2.24) is 0 Å². The van der Waals surface area contributed by atoms with Gasteiger partial charge in [0.05, 0.1) is 19.4 Å². The average molecular weight is 188 g/mol. The van der Waals surface area contributed by atoms with Crippen LogP contribution < -0.4 is 0 Å². The Balaban J connectivity index is 3.96. The predicted molar refractivity (Wildman–Crippen MR) is 42.6 cm³/mol. The Morgan fingerprint density at radius 1 is 1.31 bits per heavy atom. The van der Waals surface area contributed by atoms with Crippen LogP contribution >= 0.6 is 0 Å². The molecule has 0 bridgehead atoms. The maximum Gasteiger partial charge on any atom is 0.316 e. The number of ether oxygens (including phenoxy) is 2. The second-order valence-corrected chi connectivity index (χ2v) is 2.59. The molecule has 0 saturated heterocycles. The summed E-state index contributed by atoms with van der Waals surface area (Å²) in [5, 5.41) is 0. The van der Waals surface area contributed by atoms with Gasteiger partial charge in [0.25, 0.3) is 0 Å². The SMILES string of the molecule is COC(=O)CC(C)C(=O)OC(C)=O. The normalized spacial score (nSPS) is 11.6. The van der Waals surface area contributed by atoms with Crippen LogP contribution in [-0.4, -0.2) is 25.0 Å². The summed E-state index contributed by atoms with van der Waals surface area (Å²) in [4.78, 5) is 32.0. The van der Waals surface area contributed by atoms with Crippen molar-refractivity contribution in [1.29, 1.82) is 0 Å². The van der Waals surface area contributed by atoms with Crippen molar-refractivity contribution in [2.75, 3.05) is 7.11 Å². The topological polar surface area (TPSA) is 69.7 Å². The van der Waals surface area contributed by atoms with Crippen LogP contribution in [0.4, 0.5) is 0 Å². The Bertz CT molecular complexity index is 221. The van der Waals surface area contributed by atoms with Crippen molar-refractivity contribution in [3.8, 4) is 0 Å². The number of carbonyl (C=O) groups is 3. The zero-order valence-corrected chi connectivity index (χ0v) is 7.83. The molecule has 0 aliphatic heterocycles. The summed E-state index contributed by atoms with van der Waals surface area (Å²) in [6.07, 6.45) is -0.0807. The molecule has 13 heavy (non-hydrogen) atoms. The fourth-order valence-electron chi connectivity index (χ4n) is 0.659. The molecule has 0 aliphatic rings. The van der Waals surface area contributed by atoms with Crippen molar-refractivity contribution in [2.24, 2.45) is 5.92 Å². The first-order valence-electron chi connectivity index (χ1n) is 3.76. The third kappa shape index (κ3) is 4.95. The fraction of sp³-hybridized carbons (Fsp3) is 0.625. The molecular formula is C8H12O5. The molecule has 0 fully saturated rings. The zero-order chi connectivity index (χ0) is 10.4. The molecule has 0 amide bonds. The van der Waals surface area contributed by atoms with E-state index < -0.39 is 23.8 Å². The molecule has 1 atom stereocenters. The Morgan fingerprint density at radius 2 is 1.85 bits per heavy atom. The Hall–Kier alpha value is -1.39. The number of hydrogen-bond acceptors (Lipinski definition) is 5. The fourth-order valence-corrected chi connectivity index (χ4v) is 0.659. The van der Waals surface area contributed by atoms with Crippen molar-refractivity contribution < 1.29 is 23.9 Å². The van der Waals surface area contributed by atoms with E-state index in [-0.39, 0.29) is 6.42 Å². The van der Waals surface area contributed by atoms with E-state index in [0.717, 1.165) is 6.92 Å². The minimum atomic E-state index is -0.710. The van der Waals surface area contributed by atoms with Crippen LogP contribution in [0.2, 0.25) is 0 Å². The third-order valence-corrected chi connectivity index (χ3v) is 1.35. The van der Waals surface area contributed by atoms with Crippen LogP contribution in [0.25, 0.3) is 0 Å². The summed E-state index contributed by atoms with van der Waals surface area (Å²) in [6, 6.07) is 0. The maximum absolute atomic E-state index is 11.0. The molecule has 0 N–H and O–H groups in total. The van der Waals surface area contributed by atoms with Crippen molar-refractivity contribution in [3.63, 3.8) is 0 Å². The van der Waals surface area contributed by atoms with Crippen LogP contribution in [0.5, 0.6) is 0 Å². The molecule has 0 rings (SSSR count). The highest BCUT2D eigenvalue weighted by atomic mass is 16.6. The first-order valence-corrected chi connectivity index (χ1v) is 3.76. The second-order valence-electron chi connectivity index (χ2n) is 2.59. The van der Waals surface area contributed by atoms with Crippen molar-refractivity contribution >= 4 is 17.9 Å². The summed E-state index contributed by atoms with van der Waals surface area (Å²) < 4.78 is 8.62. The Labute approximate surface area is 76.0 Å². The lowest BCUT2D eigenvalue weighted by Crippen LogP contribution is -2.20. The number of methoxy groups -OCH3 is 1. The van der Waals surface area contributed by atoms with Gasteiger partial charge in [0.15, 0.2) is 0 Å². The summed E-state index contributed by atoms with van der Waals surface area (Å²) in [7, 11) is 1.23. The van der Waals surface area contributed by atoms with Crippen LogP contribution in [-0.2, 0) is 23.9 Å². The lowest BCUT2D eigenvalue weighted by molar-refractivity contribution is -0.163. The van der Waals surface area contributed by atoms with Gasteiger partial charge >= 0.3 is 17.9 Å². The molecule has 0 saturated carbocycles. The predicted octanol–water partition coefficient (Wildman–Crippen LogP) is 0.275. The van der Waals surface area contributed by atoms with Gasteiger partial charge in [-0.15, -0.1) is 0 Å². The van der Waals surface area contributed by atoms with Gasteiger partial charge in [0.2, 0.25) is 0 Å². The van der Waals surface area contributed by atoms with E-state index in [0.29, 0.717) is 0 Å². The van der Waals surface area contributed by atoms with Gasteiger partial charge in [-0.2, -0.15) is 0 Å². The van der Waals surface area contributed by atoms with Crippen LogP contribution in [0.1, 0.15) is 20.3 Å². The van der Waals surface area contributed by atoms with Gasteiger partial charge in [0.1, 0.15) is 0 Å². The quantitative estimate of drug-likeness (QED) is 0.469. The molecule has 5 heteroatoms. The van der Waals surface area contributed by atoms with Gasteiger partial charge in [-0.3, -0.25) is 14.4 Å². The van der Waals surface area contributed by atoms with E-state index in [1.54, 1.807) is 0 Å². The summed E-state index contributed by atoms with van der Waals surface area (Å²) in [6.45, 7) is 2.62. The number of esters is 3. The molecule has 0 aromatic heterocycles. The molecule has 5 nitrogen and oxygen atoms in total. The van der Waals surface area contributed by atoms with Crippen LogP contribution in [0, 0.1) is 5.92 Å². The summed E-state index contributed by atoms with van der Waals surface area (Å²) in [5.41, 5.74) is 0. The van der Waals surface area contributed by atoms with E-state index in [2.05, 4.69) is 9.47 Å². The zero-order valence-electron chi connectivity index (χ0n) is 7.83. The van der Waals surface area contributed by atoms with Gasteiger partial charge < -0.3 is 9.47 Å². The van der Waals surface area contributed by atoms with E-state index in [4.69, 9.17) is 0 Å². The minimum absolute atomic E-state index is 0.0807. The van der Waals surface area contributed by atoms with Crippen LogP contribution in [0.15, 0.2) is 0 Å². The number of carbonyl (C=O) groups excluding carboxylic acids is 3. The molecule has 0 radical (unpaired) electrons. The molecular weight excluding hydrogens is 176 g/mol. The molecule has 1 unspecified atom stereocenters. The largest absolute Gasteiger partial charge is 0.469 e. The van der Waals surface area contributed by atoms with Crippen molar-refractivity contribution in [2.45, 2.75) is 20.3 Å². The van der Waals surface area contributed by atoms with E-state index in [1.807, 2.05) is 0 Å². The second kappa shape index (κ2) is 5.29. The van der Waals surface area contributed by atoms with Crippen LogP contribution in [0.3, 0.4) is 0 Å². The minimum Gasteiger partial charge on any atom is -0.469 e. The first-order chi connectivity index (χ1) is 5.97. The smallest absolute Gasteiger partial charge is 0.316 e. The van der Waals surface area contributed by atoms with Crippen molar-refractivity contribution in [3.05, 3.63) is 0 Å². The molecule has 0 heterocycles. The van der Waals surface area contributed by atoms with Gasteiger partial charge in [-0.05, 0) is 0 Å². The average Bonchev–Trinajstić information content (AvgIpc) is 2.02. The molecule has 0 spiro atoms. The maximum atomic E-state index is 11.0. The monoisotopic (exact) mass is 188 g/mol. The van der Waals surface area contributed by atoms with Gasteiger partial charge in [-0.1, -0.05) is 6.92 Å². The highest BCUT2D eigenvalue weighted by molar-refractivity contribution is 5.87. The highest BCUT2D eigenvalue weighted by Crippen LogP contribution is 2.05. The van der Waals surface area contributed by atoms with E-state index in [1.165, 1.54) is 14.0 Å². The highest BCUT2D eigenvalue weighted by Gasteiger charge is 2.19. The molecule has 0 aliphatic carbocycles. The van der Waals surface area contributed by atoms with Gasteiger partial charge in [-0.25, -0.2) is 0 Å². The van der Waals surface area contributed by atoms with Gasteiger partial charge in [0, 0.05) is 6.92 Å². The van der Waals surface area contributed by atoms with E-state index in [9.17, 15) is 14.4 Å². The standard InChI is InChI=1S/C8H12O5/c1-5(4-7(10)12-3)8(11)13-6(2)9/h5H,4H2,1-3H3. The molecule has 0 aromatic carbocycles. The molecule has 74 valence electrons. The lowest BCUT2D eigenvalue weighted by Gasteiger charge is -2.06. The summed E-state index contributed by atoms with van der Waals surface area (Å²) >= 11 is 0. The first kappa shape index (κ1) is 11.6. The van der Waals surface area contributed by atoms with E-state index >= 15 is 0 Å². The Kier molecular flexibility index (Phi) is 4.72. The molecule has 0 aromatic rings. The number of rotatable bonds is 3. The lowest BCUT2D eigenvalue weighted by atomic mass is 10.1. The number of hydrogen-bond donors (Lipinski definition) is 0. The Morgan fingerprint density at radius 3 is 2.23 bits per heavy atom. The third-order valence-electron chi connectivity index (χ3n) is 1.35. The summed E-state index contributed by atoms with van der Waals surface area (Å²) in [5.74, 6) is -2.55.